The smallest absolute Gasteiger partial charge is 0.339 e. The van der Waals surface area contributed by atoms with Crippen LogP contribution in [0.3, 0.4) is 0 Å². The van der Waals surface area contributed by atoms with Crippen molar-refractivity contribution in [1.82, 2.24) is 14.7 Å². The average Bonchev–Trinajstić information content (AvgIpc) is 3.00. The van der Waals surface area contributed by atoms with E-state index in [2.05, 4.69) is 23.6 Å². The molecule has 0 radical (unpaired) electrons. The molecule has 2 aliphatic rings. The first-order valence-corrected chi connectivity index (χ1v) is 16.2. The lowest BCUT2D eigenvalue weighted by Gasteiger charge is -2.47. The molecule has 5 rings (SSSR count). The third-order valence-electron chi connectivity index (χ3n) is 9.00. The SMILES string of the molecule is Cc1ccccc1C(=O)N1CCC(N2CCN([C@@H](C)c3ccc(S(=O)(=O)c4cccc(C(F)(F)F)c4)cc3)[C@H](C)C2)CC1. The van der Waals surface area contributed by atoms with Crippen LogP contribution in [0.4, 0.5) is 13.2 Å². The predicted molar refractivity (Wildman–Crippen MR) is 160 cm³/mol. The number of piperazine rings is 1. The van der Waals surface area contributed by atoms with Crippen molar-refractivity contribution in [1.29, 1.82) is 0 Å². The summed E-state index contributed by atoms with van der Waals surface area (Å²) >= 11 is 0. The number of carbonyl (C=O) groups excluding carboxylic acids is 1. The Bertz CT molecular complexity index is 1550. The Kier molecular flexibility index (Phi) is 9.02. The molecule has 0 aromatic heterocycles. The summed E-state index contributed by atoms with van der Waals surface area (Å²) in [6.07, 6.45) is -2.73. The number of nitrogens with zero attached hydrogens (tertiary/aromatic N) is 3. The summed E-state index contributed by atoms with van der Waals surface area (Å²) in [6, 6.07) is 18.8. The second-order valence-electron chi connectivity index (χ2n) is 11.7. The molecule has 3 aromatic rings. The van der Waals surface area contributed by atoms with E-state index >= 15 is 0 Å². The molecular weight excluding hydrogens is 575 g/mol. The maximum atomic E-state index is 13.1. The Labute approximate surface area is 252 Å². The van der Waals surface area contributed by atoms with Gasteiger partial charge >= 0.3 is 6.18 Å². The molecule has 0 N–H and O–H groups in total. The number of carbonyl (C=O) groups is 1. The first kappa shape index (κ1) is 31.2. The largest absolute Gasteiger partial charge is 0.416 e. The maximum absolute atomic E-state index is 13.1. The van der Waals surface area contributed by atoms with Crippen LogP contribution in [0.2, 0.25) is 0 Å². The lowest BCUT2D eigenvalue weighted by Crippen LogP contribution is -2.57. The van der Waals surface area contributed by atoms with Gasteiger partial charge in [-0.1, -0.05) is 36.4 Å². The monoisotopic (exact) mass is 613 g/mol. The quantitative estimate of drug-likeness (QED) is 0.331. The summed E-state index contributed by atoms with van der Waals surface area (Å²) < 4.78 is 65.6. The van der Waals surface area contributed by atoms with E-state index in [0.717, 1.165) is 74.4 Å². The fourth-order valence-corrected chi connectivity index (χ4v) is 7.72. The van der Waals surface area contributed by atoms with Gasteiger partial charge in [0.15, 0.2) is 0 Å². The van der Waals surface area contributed by atoms with E-state index in [-0.39, 0.29) is 27.8 Å². The predicted octanol–water partition coefficient (Wildman–Crippen LogP) is 6.22. The molecule has 0 saturated carbocycles. The highest BCUT2D eigenvalue weighted by Crippen LogP contribution is 2.33. The summed E-state index contributed by atoms with van der Waals surface area (Å²) in [6.45, 7) is 10.4. The van der Waals surface area contributed by atoms with Crippen molar-refractivity contribution in [2.24, 2.45) is 0 Å². The van der Waals surface area contributed by atoms with Gasteiger partial charge in [0.1, 0.15) is 0 Å². The van der Waals surface area contributed by atoms with Gasteiger partial charge in [0.05, 0.1) is 15.4 Å². The number of aryl methyl sites for hydroxylation is 1. The lowest BCUT2D eigenvalue weighted by molar-refractivity contribution is -0.137. The first-order chi connectivity index (χ1) is 20.4. The molecule has 230 valence electrons. The van der Waals surface area contributed by atoms with Crippen LogP contribution in [0.5, 0.6) is 0 Å². The molecule has 2 aliphatic heterocycles. The van der Waals surface area contributed by atoms with E-state index in [1.54, 1.807) is 12.1 Å². The molecule has 2 fully saturated rings. The van der Waals surface area contributed by atoms with Gasteiger partial charge in [-0.2, -0.15) is 13.2 Å². The van der Waals surface area contributed by atoms with Gasteiger partial charge in [0, 0.05) is 56.4 Å². The van der Waals surface area contributed by atoms with Crippen LogP contribution in [0.25, 0.3) is 0 Å². The van der Waals surface area contributed by atoms with Crippen molar-refractivity contribution in [2.75, 3.05) is 32.7 Å². The molecule has 43 heavy (non-hydrogen) atoms. The van der Waals surface area contributed by atoms with Crippen molar-refractivity contribution in [3.8, 4) is 0 Å². The highest BCUT2D eigenvalue weighted by atomic mass is 32.2. The number of halogens is 3. The second-order valence-corrected chi connectivity index (χ2v) is 13.6. The molecule has 3 aromatic carbocycles. The molecule has 1 amide bonds. The molecule has 0 spiro atoms. The van der Waals surface area contributed by atoms with Crippen LogP contribution >= 0.6 is 0 Å². The van der Waals surface area contributed by atoms with Gasteiger partial charge in [-0.05, 0) is 81.1 Å². The van der Waals surface area contributed by atoms with E-state index in [0.29, 0.717) is 12.1 Å². The normalized spacial score (nSPS) is 20.2. The zero-order chi connectivity index (χ0) is 30.9. The van der Waals surface area contributed by atoms with E-state index in [4.69, 9.17) is 0 Å². The van der Waals surface area contributed by atoms with Gasteiger partial charge in [0.2, 0.25) is 9.84 Å². The number of piperidine rings is 1. The van der Waals surface area contributed by atoms with Gasteiger partial charge < -0.3 is 4.90 Å². The summed E-state index contributed by atoms with van der Waals surface area (Å²) in [5, 5.41) is 0. The Hall–Kier alpha value is -3.21. The Morgan fingerprint density at radius 1 is 0.884 bits per heavy atom. The number of hydrogen-bond donors (Lipinski definition) is 0. The molecule has 2 atom stereocenters. The van der Waals surface area contributed by atoms with E-state index in [1.807, 2.05) is 36.1 Å². The number of benzene rings is 3. The van der Waals surface area contributed by atoms with Crippen molar-refractivity contribution < 1.29 is 26.4 Å². The minimum Gasteiger partial charge on any atom is -0.339 e. The molecule has 10 heteroatoms. The number of rotatable bonds is 6. The number of likely N-dealkylation sites (tertiary alicyclic amines) is 1. The highest BCUT2D eigenvalue weighted by molar-refractivity contribution is 7.91. The fraction of sp³-hybridized carbons (Fsp3) is 0.424. The molecule has 0 aliphatic carbocycles. The van der Waals surface area contributed by atoms with Gasteiger partial charge in [-0.25, -0.2) is 8.42 Å². The minimum atomic E-state index is -4.62. The van der Waals surface area contributed by atoms with Crippen LogP contribution in [0.15, 0.2) is 82.6 Å². The maximum Gasteiger partial charge on any atom is 0.416 e. The Morgan fingerprint density at radius 2 is 1.56 bits per heavy atom. The van der Waals surface area contributed by atoms with Crippen molar-refractivity contribution >= 4 is 15.7 Å². The van der Waals surface area contributed by atoms with Crippen LogP contribution in [0.1, 0.15) is 59.8 Å². The summed E-state index contributed by atoms with van der Waals surface area (Å²) in [5.41, 5.74) is 1.73. The van der Waals surface area contributed by atoms with Crippen molar-refractivity contribution in [3.63, 3.8) is 0 Å². The zero-order valence-electron chi connectivity index (χ0n) is 24.7. The first-order valence-electron chi connectivity index (χ1n) is 14.7. The fourth-order valence-electron chi connectivity index (χ4n) is 6.42. The Morgan fingerprint density at radius 3 is 2.19 bits per heavy atom. The third kappa shape index (κ3) is 6.66. The standard InChI is InChI=1S/C33H38F3N3O3S/c1-23-7-4-5-10-31(23)32(40)37-17-15-28(16-18-37)38-19-20-39(24(2)22-38)25(3)26-11-13-29(14-12-26)43(41,42)30-9-6-8-27(21-30)33(34,35)36/h4-14,21,24-25,28H,15-20,22H2,1-3H3/t24-,25+/m1/s1. The highest BCUT2D eigenvalue weighted by Gasteiger charge is 2.35. The average molecular weight is 614 g/mol. The molecule has 2 heterocycles. The number of sulfone groups is 1. The lowest BCUT2D eigenvalue weighted by atomic mass is 9.98. The van der Waals surface area contributed by atoms with Gasteiger partial charge in [-0.3, -0.25) is 14.6 Å². The van der Waals surface area contributed by atoms with Gasteiger partial charge in [-0.15, -0.1) is 0 Å². The zero-order valence-corrected chi connectivity index (χ0v) is 25.5. The second kappa shape index (κ2) is 12.4. The van der Waals surface area contributed by atoms with E-state index in [1.165, 1.54) is 18.2 Å². The topological polar surface area (TPSA) is 60.9 Å². The summed E-state index contributed by atoms with van der Waals surface area (Å²) in [4.78, 5) is 19.5. The molecular formula is C33H38F3N3O3S. The Balaban J connectivity index is 1.18. The van der Waals surface area contributed by atoms with Gasteiger partial charge in [0.25, 0.3) is 5.91 Å². The van der Waals surface area contributed by atoms with E-state index in [9.17, 15) is 26.4 Å². The summed E-state index contributed by atoms with van der Waals surface area (Å²) in [5.74, 6) is 0.109. The van der Waals surface area contributed by atoms with Crippen LogP contribution in [-0.4, -0.2) is 73.8 Å². The van der Waals surface area contributed by atoms with Crippen LogP contribution in [0, 0.1) is 6.92 Å². The number of amides is 1. The van der Waals surface area contributed by atoms with Crippen molar-refractivity contribution in [2.45, 2.75) is 67.7 Å². The van der Waals surface area contributed by atoms with Crippen LogP contribution in [-0.2, 0) is 16.0 Å². The van der Waals surface area contributed by atoms with Crippen LogP contribution < -0.4 is 0 Å². The minimum absolute atomic E-state index is 0.0344. The molecule has 6 nitrogen and oxygen atoms in total. The van der Waals surface area contributed by atoms with E-state index < -0.39 is 21.6 Å². The molecule has 0 unspecified atom stereocenters. The third-order valence-corrected chi connectivity index (χ3v) is 10.8. The summed E-state index contributed by atoms with van der Waals surface area (Å²) in [7, 11) is -4.09. The molecule has 2 saturated heterocycles. The number of alkyl halides is 3. The number of hydrogen-bond acceptors (Lipinski definition) is 5. The van der Waals surface area contributed by atoms with Crippen molar-refractivity contribution in [3.05, 3.63) is 95.1 Å². The molecule has 0 bridgehead atoms.